The summed E-state index contributed by atoms with van der Waals surface area (Å²) in [5.41, 5.74) is 4.06. The number of nitrogens with zero attached hydrogens (tertiary/aromatic N) is 1. The number of hydrogen-bond donors (Lipinski definition) is 1. The lowest BCUT2D eigenvalue weighted by molar-refractivity contribution is -0.137. The molecule has 6 nitrogen and oxygen atoms in total. The molecule has 2 unspecified atom stereocenters. The summed E-state index contributed by atoms with van der Waals surface area (Å²) >= 11 is 0. The summed E-state index contributed by atoms with van der Waals surface area (Å²) in [5, 5.41) is 9.12. The summed E-state index contributed by atoms with van der Waals surface area (Å²) in [5.74, 6) is 0.415. The predicted molar refractivity (Wildman–Crippen MR) is 133 cm³/mol. The molecule has 0 spiro atoms. The van der Waals surface area contributed by atoms with E-state index in [2.05, 4.69) is 25.8 Å². The molecule has 2 aromatic carbocycles. The number of aliphatic carboxylic acids is 1. The molecule has 0 fully saturated rings. The molecule has 0 radical (unpaired) electrons. The first-order valence-corrected chi connectivity index (χ1v) is 12.2. The van der Waals surface area contributed by atoms with Crippen molar-refractivity contribution in [1.29, 1.82) is 0 Å². The van der Waals surface area contributed by atoms with Gasteiger partial charge in [0.15, 0.2) is 0 Å². The van der Waals surface area contributed by atoms with Crippen molar-refractivity contribution in [1.82, 2.24) is 4.98 Å². The lowest BCUT2D eigenvalue weighted by atomic mass is 9.96. The van der Waals surface area contributed by atoms with Gasteiger partial charge in [0, 0.05) is 34.9 Å². The SMILES string of the molecule is CC(C)(C)COc1ncccc1-c1ccc(F)c2c1CCC2Oc1ccc2c(c1)OCC2CC(=O)O. The number of ether oxygens (including phenoxy) is 3. The van der Waals surface area contributed by atoms with Crippen LogP contribution in [0.1, 0.15) is 62.3 Å². The molecule has 1 aliphatic heterocycles. The molecule has 1 N–H and O–H groups in total. The number of fused-ring (bicyclic) bond motifs is 2. The third kappa shape index (κ3) is 4.87. The fourth-order valence-electron chi connectivity index (χ4n) is 4.91. The second kappa shape index (κ2) is 9.45. The molecular weight excluding hydrogens is 461 g/mol. The molecule has 0 bridgehead atoms. The monoisotopic (exact) mass is 491 g/mol. The topological polar surface area (TPSA) is 77.9 Å². The lowest BCUT2D eigenvalue weighted by Crippen LogP contribution is -2.17. The normalized spacial score (nSPS) is 18.3. The first-order chi connectivity index (χ1) is 17.2. The zero-order valence-electron chi connectivity index (χ0n) is 20.7. The number of carboxylic acids is 1. The van der Waals surface area contributed by atoms with E-state index in [0.29, 0.717) is 49.0 Å². The highest BCUT2D eigenvalue weighted by Crippen LogP contribution is 2.45. The quantitative estimate of drug-likeness (QED) is 0.416. The van der Waals surface area contributed by atoms with E-state index in [0.717, 1.165) is 22.3 Å². The molecule has 3 aromatic rings. The maximum Gasteiger partial charge on any atom is 0.304 e. The minimum Gasteiger partial charge on any atom is -0.492 e. The van der Waals surface area contributed by atoms with Crippen molar-refractivity contribution >= 4 is 5.97 Å². The van der Waals surface area contributed by atoms with Gasteiger partial charge in [-0.25, -0.2) is 9.37 Å². The van der Waals surface area contributed by atoms with E-state index in [4.69, 9.17) is 19.3 Å². The van der Waals surface area contributed by atoms with E-state index in [1.54, 1.807) is 18.3 Å². The molecule has 0 amide bonds. The molecule has 1 aromatic heterocycles. The lowest BCUT2D eigenvalue weighted by Gasteiger charge is -2.20. The maximum absolute atomic E-state index is 15.1. The molecule has 1 aliphatic carbocycles. The van der Waals surface area contributed by atoms with Crippen molar-refractivity contribution in [3.05, 3.63) is 71.2 Å². The molecule has 0 saturated carbocycles. The number of halogens is 1. The highest BCUT2D eigenvalue weighted by Gasteiger charge is 2.32. The smallest absolute Gasteiger partial charge is 0.304 e. The first-order valence-electron chi connectivity index (χ1n) is 12.2. The molecule has 7 heteroatoms. The Balaban J connectivity index is 1.42. The standard InChI is InChI=1S/C29H30FNO5/c1-29(2,3)16-35-28-22(5-4-12-31-28)20-8-10-23(30)27-21(20)9-11-24(27)36-18-6-7-19-17(13-26(32)33)15-34-25(19)14-18/h4-8,10,12,14,17,24H,9,11,13,15-16H2,1-3H3,(H,32,33). The molecule has 5 rings (SSSR count). The van der Waals surface area contributed by atoms with E-state index < -0.39 is 12.1 Å². The van der Waals surface area contributed by atoms with Crippen molar-refractivity contribution in [3.63, 3.8) is 0 Å². The molecule has 188 valence electrons. The van der Waals surface area contributed by atoms with Crippen LogP contribution in [-0.4, -0.2) is 29.3 Å². The van der Waals surface area contributed by atoms with Crippen LogP contribution in [0.25, 0.3) is 11.1 Å². The van der Waals surface area contributed by atoms with Gasteiger partial charge in [-0.2, -0.15) is 0 Å². The number of pyridine rings is 1. The number of carboxylic acid groups (broad SMARTS) is 1. The fraction of sp³-hybridized carbons (Fsp3) is 0.379. The molecule has 0 saturated heterocycles. The Morgan fingerprint density at radius 2 is 2.03 bits per heavy atom. The van der Waals surface area contributed by atoms with Crippen LogP contribution in [0, 0.1) is 11.2 Å². The van der Waals surface area contributed by atoms with Gasteiger partial charge in [0.1, 0.15) is 23.4 Å². The summed E-state index contributed by atoms with van der Waals surface area (Å²) < 4.78 is 33.1. The Labute approximate surface area is 210 Å². The third-order valence-electron chi connectivity index (χ3n) is 6.55. The summed E-state index contributed by atoms with van der Waals surface area (Å²) in [6, 6.07) is 12.5. The van der Waals surface area contributed by atoms with Crippen molar-refractivity contribution in [3.8, 4) is 28.5 Å². The van der Waals surface area contributed by atoms with E-state index in [9.17, 15) is 4.79 Å². The minimum atomic E-state index is -0.855. The van der Waals surface area contributed by atoms with E-state index in [1.807, 2.05) is 24.3 Å². The zero-order chi connectivity index (χ0) is 25.4. The largest absolute Gasteiger partial charge is 0.492 e. The first kappa shape index (κ1) is 24.1. The van der Waals surface area contributed by atoms with Crippen LogP contribution in [0.5, 0.6) is 17.4 Å². The van der Waals surface area contributed by atoms with Gasteiger partial charge in [-0.15, -0.1) is 0 Å². The maximum atomic E-state index is 15.1. The average Bonchev–Trinajstić information content (AvgIpc) is 3.42. The van der Waals surface area contributed by atoms with Crippen LogP contribution in [0.3, 0.4) is 0 Å². The van der Waals surface area contributed by atoms with Gasteiger partial charge in [0.05, 0.1) is 19.6 Å². The Morgan fingerprint density at radius 1 is 1.19 bits per heavy atom. The predicted octanol–water partition coefficient (Wildman–Crippen LogP) is 6.33. The summed E-state index contributed by atoms with van der Waals surface area (Å²) in [4.78, 5) is 15.6. The van der Waals surface area contributed by atoms with E-state index >= 15 is 4.39 Å². The fourth-order valence-corrected chi connectivity index (χ4v) is 4.91. The van der Waals surface area contributed by atoms with Crippen molar-refractivity contribution < 1.29 is 28.5 Å². The van der Waals surface area contributed by atoms with Gasteiger partial charge in [-0.05, 0) is 53.6 Å². The summed E-state index contributed by atoms with van der Waals surface area (Å²) in [6.07, 6.45) is 2.59. The van der Waals surface area contributed by atoms with Crippen LogP contribution in [0.15, 0.2) is 48.7 Å². The van der Waals surface area contributed by atoms with Gasteiger partial charge in [-0.1, -0.05) is 32.9 Å². The summed E-state index contributed by atoms with van der Waals surface area (Å²) in [6.45, 7) is 7.15. The number of carbonyl (C=O) groups is 1. The number of hydrogen-bond acceptors (Lipinski definition) is 5. The average molecular weight is 492 g/mol. The molecule has 2 atom stereocenters. The van der Waals surface area contributed by atoms with Crippen LogP contribution < -0.4 is 14.2 Å². The Hall–Kier alpha value is -3.61. The third-order valence-corrected chi connectivity index (χ3v) is 6.55. The molecule has 2 aliphatic rings. The van der Waals surface area contributed by atoms with E-state index in [-0.39, 0.29) is 23.6 Å². The van der Waals surface area contributed by atoms with Crippen LogP contribution in [0.2, 0.25) is 0 Å². The highest BCUT2D eigenvalue weighted by atomic mass is 19.1. The van der Waals surface area contributed by atoms with Gasteiger partial charge in [0.25, 0.3) is 0 Å². The Kier molecular flexibility index (Phi) is 6.33. The van der Waals surface area contributed by atoms with Gasteiger partial charge >= 0.3 is 5.97 Å². The number of rotatable bonds is 7. The van der Waals surface area contributed by atoms with Crippen molar-refractivity contribution in [2.45, 2.75) is 52.1 Å². The van der Waals surface area contributed by atoms with E-state index in [1.165, 1.54) is 6.07 Å². The number of benzene rings is 2. The van der Waals surface area contributed by atoms with Crippen LogP contribution >= 0.6 is 0 Å². The van der Waals surface area contributed by atoms with Crippen LogP contribution in [0.4, 0.5) is 4.39 Å². The van der Waals surface area contributed by atoms with Gasteiger partial charge in [0.2, 0.25) is 5.88 Å². The molecular formula is C29H30FNO5. The zero-order valence-corrected chi connectivity index (χ0v) is 20.7. The van der Waals surface area contributed by atoms with Crippen molar-refractivity contribution in [2.24, 2.45) is 5.41 Å². The highest BCUT2D eigenvalue weighted by molar-refractivity contribution is 5.74. The second-order valence-corrected chi connectivity index (χ2v) is 10.6. The van der Waals surface area contributed by atoms with Gasteiger partial charge in [-0.3, -0.25) is 4.79 Å². The molecule has 36 heavy (non-hydrogen) atoms. The van der Waals surface area contributed by atoms with Crippen LogP contribution in [-0.2, 0) is 11.2 Å². The number of aromatic nitrogens is 1. The Bertz CT molecular complexity index is 1300. The second-order valence-electron chi connectivity index (χ2n) is 10.6. The minimum absolute atomic E-state index is 0.0208. The van der Waals surface area contributed by atoms with Gasteiger partial charge < -0.3 is 19.3 Å². The Morgan fingerprint density at radius 3 is 2.81 bits per heavy atom. The molecule has 2 heterocycles. The van der Waals surface area contributed by atoms with Crippen molar-refractivity contribution in [2.75, 3.05) is 13.2 Å². The summed E-state index contributed by atoms with van der Waals surface area (Å²) in [7, 11) is 0.